The van der Waals surface area contributed by atoms with Crippen LogP contribution in [-0.2, 0) is 19.1 Å². The van der Waals surface area contributed by atoms with Crippen molar-refractivity contribution in [2.45, 2.75) is 12.8 Å². The zero-order chi connectivity index (χ0) is 15.7. The van der Waals surface area contributed by atoms with Gasteiger partial charge in [-0.3, -0.25) is 9.59 Å². The molecule has 21 heavy (non-hydrogen) atoms. The third-order valence-electron chi connectivity index (χ3n) is 2.62. The number of carbonyl (C=O) groups is 2. The van der Waals surface area contributed by atoms with E-state index in [1.807, 2.05) is 0 Å². The molecule has 0 radical (unpaired) electrons. The first kappa shape index (κ1) is 16.6. The maximum atomic E-state index is 11.3. The molecule has 114 valence electrons. The summed E-state index contributed by atoms with van der Waals surface area (Å²) in [6.07, 6.45) is 3.39. The topological polar surface area (TPSA) is 82.1 Å². The van der Waals surface area contributed by atoms with Gasteiger partial charge < -0.3 is 19.3 Å². The molecular formula is C15H18O6. The van der Waals surface area contributed by atoms with Crippen LogP contribution in [0.15, 0.2) is 24.3 Å². The van der Waals surface area contributed by atoms with Crippen molar-refractivity contribution in [3.8, 4) is 11.5 Å². The van der Waals surface area contributed by atoms with Crippen molar-refractivity contribution in [3.63, 3.8) is 0 Å². The summed E-state index contributed by atoms with van der Waals surface area (Å²) in [6.45, 7) is 0.100. The number of esters is 2. The van der Waals surface area contributed by atoms with E-state index in [1.54, 1.807) is 24.3 Å². The number of rotatable bonds is 7. The number of aromatic hydroxyl groups is 1. The maximum absolute atomic E-state index is 11.3. The van der Waals surface area contributed by atoms with Crippen LogP contribution >= 0.6 is 0 Å². The molecular weight excluding hydrogens is 276 g/mol. The molecule has 0 atom stereocenters. The molecule has 0 aliphatic heterocycles. The molecule has 1 aromatic rings. The zero-order valence-electron chi connectivity index (χ0n) is 12.0. The number of phenolic OH excluding ortho intramolecular Hbond substituents is 1. The highest BCUT2D eigenvalue weighted by Gasteiger charge is 2.06. The van der Waals surface area contributed by atoms with Crippen LogP contribution in [0.25, 0.3) is 6.08 Å². The third kappa shape index (κ3) is 5.99. The van der Waals surface area contributed by atoms with Gasteiger partial charge in [0.1, 0.15) is 6.61 Å². The second-order valence-corrected chi connectivity index (χ2v) is 4.09. The van der Waals surface area contributed by atoms with Gasteiger partial charge in [-0.05, 0) is 23.8 Å². The Labute approximate surface area is 122 Å². The Bertz CT molecular complexity index is 521. The van der Waals surface area contributed by atoms with E-state index in [0.717, 1.165) is 5.56 Å². The first-order chi connectivity index (χ1) is 10.1. The lowest BCUT2D eigenvalue weighted by atomic mass is 10.2. The minimum Gasteiger partial charge on any atom is -0.504 e. The molecule has 0 amide bonds. The molecule has 6 nitrogen and oxygen atoms in total. The molecule has 1 aromatic carbocycles. The molecule has 6 heteroatoms. The van der Waals surface area contributed by atoms with E-state index in [1.165, 1.54) is 20.3 Å². The molecule has 0 unspecified atom stereocenters. The van der Waals surface area contributed by atoms with Crippen LogP contribution in [0, 0.1) is 0 Å². The Balaban J connectivity index is 2.38. The largest absolute Gasteiger partial charge is 0.504 e. The van der Waals surface area contributed by atoms with Gasteiger partial charge in [-0.25, -0.2) is 0 Å². The Hall–Kier alpha value is -2.50. The molecule has 0 saturated carbocycles. The van der Waals surface area contributed by atoms with Crippen molar-refractivity contribution in [1.82, 2.24) is 0 Å². The molecule has 0 aromatic heterocycles. The summed E-state index contributed by atoms with van der Waals surface area (Å²) < 4.78 is 14.3. The Morgan fingerprint density at radius 2 is 1.90 bits per heavy atom. The smallest absolute Gasteiger partial charge is 0.306 e. The fraction of sp³-hybridized carbons (Fsp3) is 0.333. The lowest BCUT2D eigenvalue weighted by Crippen LogP contribution is -2.08. The predicted molar refractivity (Wildman–Crippen MR) is 75.9 cm³/mol. The molecule has 0 fully saturated rings. The molecule has 0 aliphatic carbocycles. The molecule has 0 bridgehead atoms. The number of hydrogen-bond donors (Lipinski definition) is 1. The highest BCUT2D eigenvalue weighted by molar-refractivity contribution is 5.77. The first-order valence-electron chi connectivity index (χ1n) is 6.32. The average molecular weight is 294 g/mol. The van der Waals surface area contributed by atoms with Crippen LogP contribution in [0.1, 0.15) is 18.4 Å². The van der Waals surface area contributed by atoms with Gasteiger partial charge in [0.05, 0.1) is 27.1 Å². The average Bonchev–Trinajstić information content (AvgIpc) is 2.50. The third-order valence-corrected chi connectivity index (χ3v) is 2.62. The molecule has 0 aliphatic rings. The van der Waals surface area contributed by atoms with E-state index < -0.39 is 11.9 Å². The molecule has 1 N–H and O–H groups in total. The van der Waals surface area contributed by atoms with Crippen molar-refractivity contribution >= 4 is 18.0 Å². The van der Waals surface area contributed by atoms with Crippen LogP contribution in [0.2, 0.25) is 0 Å². The lowest BCUT2D eigenvalue weighted by Gasteiger charge is -2.04. The van der Waals surface area contributed by atoms with E-state index >= 15 is 0 Å². The van der Waals surface area contributed by atoms with Gasteiger partial charge in [0.2, 0.25) is 0 Å². The molecule has 0 saturated heterocycles. The Morgan fingerprint density at radius 3 is 2.57 bits per heavy atom. The van der Waals surface area contributed by atoms with Crippen molar-refractivity contribution in [2.24, 2.45) is 0 Å². The number of hydrogen-bond acceptors (Lipinski definition) is 6. The first-order valence-corrected chi connectivity index (χ1v) is 6.32. The minimum atomic E-state index is -0.465. The highest BCUT2D eigenvalue weighted by atomic mass is 16.5. The number of phenols is 1. The summed E-state index contributed by atoms with van der Waals surface area (Å²) in [7, 11) is 2.73. The predicted octanol–water partition coefficient (Wildman–Crippen LogP) is 1.91. The quantitative estimate of drug-likeness (QED) is 0.774. The van der Waals surface area contributed by atoms with Gasteiger partial charge >= 0.3 is 11.9 Å². The number of carbonyl (C=O) groups excluding carboxylic acids is 2. The van der Waals surface area contributed by atoms with E-state index in [2.05, 4.69) is 4.74 Å². The van der Waals surface area contributed by atoms with Crippen LogP contribution in [0.4, 0.5) is 0 Å². The number of ether oxygens (including phenoxy) is 3. The second kappa shape index (κ2) is 8.63. The van der Waals surface area contributed by atoms with Gasteiger partial charge in [-0.1, -0.05) is 12.1 Å². The van der Waals surface area contributed by atoms with Gasteiger partial charge in [0.15, 0.2) is 11.5 Å². The van der Waals surface area contributed by atoms with Crippen molar-refractivity contribution in [3.05, 3.63) is 29.8 Å². The van der Waals surface area contributed by atoms with Gasteiger partial charge in [0, 0.05) is 0 Å². The molecule has 1 rings (SSSR count). The Kier molecular flexibility index (Phi) is 6.80. The number of methoxy groups -OCH3 is 2. The van der Waals surface area contributed by atoms with Gasteiger partial charge in [0.25, 0.3) is 0 Å². The summed E-state index contributed by atoms with van der Waals surface area (Å²) in [6, 6.07) is 4.87. The monoisotopic (exact) mass is 294 g/mol. The summed E-state index contributed by atoms with van der Waals surface area (Å²) in [4.78, 5) is 22.1. The summed E-state index contributed by atoms with van der Waals surface area (Å²) in [5, 5.41) is 9.45. The summed E-state index contributed by atoms with van der Waals surface area (Å²) in [5.74, 6) is -0.483. The van der Waals surface area contributed by atoms with Crippen LogP contribution in [-0.4, -0.2) is 37.9 Å². The highest BCUT2D eigenvalue weighted by Crippen LogP contribution is 2.26. The fourth-order valence-corrected chi connectivity index (χ4v) is 1.50. The fourth-order valence-electron chi connectivity index (χ4n) is 1.50. The van der Waals surface area contributed by atoms with Gasteiger partial charge in [-0.2, -0.15) is 0 Å². The van der Waals surface area contributed by atoms with E-state index in [4.69, 9.17) is 9.47 Å². The Morgan fingerprint density at radius 1 is 1.19 bits per heavy atom. The maximum Gasteiger partial charge on any atom is 0.306 e. The lowest BCUT2D eigenvalue weighted by molar-refractivity contribution is -0.148. The SMILES string of the molecule is COC(=O)CCC(=O)OC/C=C/c1ccc(O)c(OC)c1. The van der Waals surface area contributed by atoms with Crippen molar-refractivity contribution < 1.29 is 28.9 Å². The minimum absolute atomic E-state index is 0.00640. The second-order valence-electron chi connectivity index (χ2n) is 4.09. The standard InChI is InChI=1S/C15H18O6/c1-19-13-10-11(5-6-12(13)16)4-3-9-21-15(18)8-7-14(17)20-2/h3-6,10,16H,7-9H2,1-2H3/b4-3+. The van der Waals surface area contributed by atoms with Crippen molar-refractivity contribution in [1.29, 1.82) is 0 Å². The zero-order valence-corrected chi connectivity index (χ0v) is 12.0. The van der Waals surface area contributed by atoms with E-state index in [9.17, 15) is 14.7 Å². The van der Waals surface area contributed by atoms with Crippen molar-refractivity contribution in [2.75, 3.05) is 20.8 Å². The van der Waals surface area contributed by atoms with Gasteiger partial charge in [-0.15, -0.1) is 0 Å². The van der Waals surface area contributed by atoms with Crippen LogP contribution in [0.5, 0.6) is 11.5 Å². The molecule has 0 spiro atoms. The van der Waals surface area contributed by atoms with Crippen LogP contribution in [0.3, 0.4) is 0 Å². The normalized spacial score (nSPS) is 10.4. The van der Waals surface area contributed by atoms with E-state index in [0.29, 0.717) is 5.75 Å². The molecule has 0 heterocycles. The van der Waals surface area contributed by atoms with Crippen LogP contribution < -0.4 is 4.74 Å². The summed E-state index contributed by atoms with van der Waals surface area (Å²) in [5.41, 5.74) is 0.801. The van der Waals surface area contributed by atoms with E-state index in [-0.39, 0.29) is 25.2 Å². The number of benzene rings is 1. The summed E-state index contributed by atoms with van der Waals surface area (Å²) >= 11 is 0.